The lowest BCUT2D eigenvalue weighted by atomic mass is 9.92. The molecule has 1 amide bonds. The Hall–Kier alpha value is -2.79. The zero-order valence-corrected chi connectivity index (χ0v) is 18.6. The van der Waals surface area contributed by atoms with Crippen molar-refractivity contribution in [2.24, 2.45) is 0 Å². The Balaban J connectivity index is 1.73. The van der Waals surface area contributed by atoms with E-state index in [-0.39, 0.29) is 16.5 Å². The molecule has 3 aromatic rings. The second-order valence-corrected chi connectivity index (χ2v) is 8.86. The van der Waals surface area contributed by atoms with Gasteiger partial charge >= 0.3 is 6.18 Å². The molecule has 1 saturated heterocycles. The van der Waals surface area contributed by atoms with Crippen LogP contribution in [-0.2, 0) is 10.9 Å². The first-order valence-electron chi connectivity index (χ1n) is 10.0. The van der Waals surface area contributed by atoms with Gasteiger partial charge in [0.1, 0.15) is 10.8 Å². The summed E-state index contributed by atoms with van der Waals surface area (Å²) in [5, 5.41) is 9.05. The first-order valence-corrected chi connectivity index (χ1v) is 10.9. The van der Waals surface area contributed by atoms with Crippen LogP contribution < -0.4 is 0 Å². The number of amides is 1. The molecular formula is C21H22F3N5O2S. The molecule has 11 heteroatoms. The van der Waals surface area contributed by atoms with Crippen molar-refractivity contribution < 1.29 is 22.7 Å². The molecule has 0 aliphatic carbocycles. The first-order chi connectivity index (χ1) is 15.1. The van der Waals surface area contributed by atoms with E-state index >= 15 is 0 Å². The summed E-state index contributed by atoms with van der Waals surface area (Å²) in [6.45, 7) is 4.74. The predicted molar refractivity (Wildman–Crippen MR) is 113 cm³/mol. The Bertz CT molecular complexity index is 1130. The van der Waals surface area contributed by atoms with E-state index < -0.39 is 11.9 Å². The number of ether oxygens (including phenoxy) is 1. The van der Waals surface area contributed by atoms with E-state index in [9.17, 15) is 18.0 Å². The molecule has 2 aromatic heterocycles. The fourth-order valence-electron chi connectivity index (χ4n) is 3.62. The van der Waals surface area contributed by atoms with Gasteiger partial charge in [0.25, 0.3) is 5.91 Å². The first kappa shape index (κ1) is 22.4. The second-order valence-electron chi connectivity index (χ2n) is 8.00. The normalized spacial score (nSPS) is 16.4. The van der Waals surface area contributed by atoms with Crippen molar-refractivity contribution in [3.63, 3.8) is 0 Å². The van der Waals surface area contributed by atoms with Crippen LogP contribution in [-0.4, -0.2) is 56.8 Å². The van der Waals surface area contributed by atoms with Gasteiger partial charge < -0.3 is 14.6 Å². The minimum absolute atomic E-state index is 0.123. The van der Waals surface area contributed by atoms with Gasteiger partial charge in [0.2, 0.25) is 0 Å². The van der Waals surface area contributed by atoms with Gasteiger partial charge in [-0.2, -0.15) is 13.2 Å². The Labute approximate surface area is 186 Å². The second kappa shape index (κ2) is 8.28. The quantitative estimate of drug-likeness (QED) is 0.611. The Morgan fingerprint density at radius 1 is 1.25 bits per heavy atom. The summed E-state index contributed by atoms with van der Waals surface area (Å²) in [6, 6.07) is 4.96. The Morgan fingerprint density at radius 2 is 1.97 bits per heavy atom. The number of nitrogens with one attached hydrogen (secondary N) is 1. The highest BCUT2D eigenvalue weighted by Crippen LogP contribution is 2.37. The highest BCUT2D eigenvalue weighted by molar-refractivity contribution is 7.13. The minimum atomic E-state index is -4.56. The number of alkyl halides is 3. The summed E-state index contributed by atoms with van der Waals surface area (Å²) in [5.74, 6) is 0.816. The predicted octanol–water partition coefficient (Wildman–Crippen LogP) is 4.56. The number of carbonyl (C=O) groups is 1. The maximum absolute atomic E-state index is 13.4. The summed E-state index contributed by atoms with van der Waals surface area (Å²) in [5.41, 5.74) is -0.0294. The van der Waals surface area contributed by atoms with Gasteiger partial charge in [0.05, 0.1) is 5.60 Å². The third kappa shape index (κ3) is 4.40. The number of aromatic amines is 1. The van der Waals surface area contributed by atoms with Gasteiger partial charge in [-0.05, 0) is 38.8 Å². The molecule has 0 unspecified atom stereocenters. The molecule has 1 aromatic carbocycles. The van der Waals surface area contributed by atoms with Crippen molar-refractivity contribution in [1.29, 1.82) is 0 Å². The zero-order chi connectivity index (χ0) is 23.1. The molecule has 0 bridgehead atoms. The molecule has 1 fully saturated rings. The lowest BCUT2D eigenvalue weighted by molar-refractivity contribution is -0.140. The van der Waals surface area contributed by atoms with E-state index in [0.717, 1.165) is 16.7 Å². The fourth-order valence-corrected chi connectivity index (χ4v) is 4.47. The zero-order valence-electron chi connectivity index (χ0n) is 17.8. The summed E-state index contributed by atoms with van der Waals surface area (Å²) < 4.78 is 45.0. The summed E-state index contributed by atoms with van der Waals surface area (Å²) in [6.07, 6.45) is -3.21. The van der Waals surface area contributed by atoms with Gasteiger partial charge in [-0.25, -0.2) is 4.98 Å². The van der Waals surface area contributed by atoms with E-state index in [2.05, 4.69) is 20.2 Å². The van der Waals surface area contributed by atoms with Gasteiger partial charge in [0.15, 0.2) is 11.5 Å². The molecule has 0 spiro atoms. The van der Waals surface area contributed by atoms with Crippen molar-refractivity contribution in [2.45, 2.75) is 38.5 Å². The minimum Gasteiger partial charge on any atom is -0.378 e. The lowest BCUT2D eigenvalue weighted by Gasteiger charge is -2.38. The van der Waals surface area contributed by atoms with Crippen LogP contribution in [0.15, 0.2) is 23.6 Å². The molecule has 32 heavy (non-hydrogen) atoms. The van der Waals surface area contributed by atoms with Gasteiger partial charge in [-0.1, -0.05) is 6.07 Å². The molecular weight excluding hydrogens is 443 g/mol. The molecule has 0 atom stereocenters. The van der Waals surface area contributed by atoms with Crippen molar-refractivity contribution in [2.75, 3.05) is 20.2 Å². The van der Waals surface area contributed by atoms with E-state index in [1.807, 2.05) is 6.92 Å². The van der Waals surface area contributed by atoms with Crippen molar-refractivity contribution >= 4 is 17.2 Å². The summed E-state index contributed by atoms with van der Waals surface area (Å²) in [7, 11) is 1.65. The Morgan fingerprint density at radius 3 is 2.53 bits per heavy atom. The maximum Gasteiger partial charge on any atom is 0.434 e. The number of hydrogen-bond acceptors (Lipinski definition) is 6. The molecule has 0 saturated carbocycles. The lowest BCUT2D eigenvalue weighted by Crippen LogP contribution is -2.46. The molecule has 1 aliphatic rings. The van der Waals surface area contributed by atoms with E-state index in [1.165, 1.54) is 0 Å². The van der Waals surface area contributed by atoms with Crippen LogP contribution in [0.25, 0.3) is 22.0 Å². The molecule has 170 valence electrons. The molecule has 1 N–H and O–H groups in total. The highest BCUT2D eigenvalue weighted by Gasteiger charge is 2.35. The third-order valence-corrected chi connectivity index (χ3v) is 6.62. The number of likely N-dealkylation sites (tertiary alicyclic amines) is 1. The number of carbonyl (C=O) groups excluding carboxylic acids is 1. The maximum atomic E-state index is 13.4. The number of aromatic nitrogens is 4. The number of nitrogens with zero attached hydrogens (tertiary/aromatic N) is 4. The van der Waals surface area contributed by atoms with Crippen LogP contribution >= 0.6 is 11.3 Å². The van der Waals surface area contributed by atoms with Gasteiger partial charge in [0, 0.05) is 42.3 Å². The average Bonchev–Trinajstić information content (AvgIpc) is 3.43. The number of aryl methyl sites for hydroxylation is 1. The molecule has 3 heterocycles. The molecule has 0 radical (unpaired) electrons. The van der Waals surface area contributed by atoms with Crippen molar-refractivity contribution in [1.82, 2.24) is 25.1 Å². The topological polar surface area (TPSA) is 84.0 Å². The average molecular weight is 466 g/mol. The van der Waals surface area contributed by atoms with Crippen LogP contribution in [0, 0.1) is 6.92 Å². The number of halogens is 3. The van der Waals surface area contributed by atoms with Crippen LogP contribution in [0.1, 0.15) is 41.6 Å². The number of methoxy groups -OCH3 is 1. The van der Waals surface area contributed by atoms with Crippen LogP contribution in [0.4, 0.5) is 13.2 Å². The standard InChI is InChI=1S/C21H22F3N5O2S/c1-12-25-17(28-27-12)13-4-5-14(19(30)29-8-6-20(2,31-3)7-9-29)15(10-13)18-26-16(11-32-18)21(22,23)24/h4-5,10-11H,6-9H2,1-3H3,(H,25,27,28). The smallest absolute Gasteiger partial charge is 0.378 e. The van der Waals surface area contributed by atoms with Crippen molar-refractivity contribution in [3.05, 3.63) is 40.7 Å². The van der Waals surface area contributed by atoms with Crippen LogP contribution in [0.2, 0.25) is 0 Å². The number of benzene rings is 1. The van der Waals surface area contributed by atoms with Crippen LogP contribution in [0.5, 0.6) is 0 Å². The number of piperidine rings is 1. The number of rotatable bonds is 4. The Kier molecular flexibility index (Phi) is 5.80. The number of H-pyrrole nitrogens is 1. The van der Waals surface area contributed by atoms with E-state index in [0.29, 0.717) is 54.3 Å². The monoisotopic (exact) mass is 465 g/mol. The van der Waals surface area contributed by atoms with Crippen molar-refractivity contribution in [3.8, 4) is 22.0 Å². The molecule has 7 nitrogen and oxygen atoms in total. The SMILES string of the molecule is COC1(C)CCN(C(=O)c2ccc(-c3nnc(C)[nH]3)cc2-c2nc(C(F)(F)F)cs2)CC1. The van der Waals surface area contributed by atoms with Gasteiger partial charge in [-0.3, -0.25) is 4.79 Å². The van der Waals surface area contributed by atoms with Crippen LogP contribution in [0.3, 0.4) is 0 Å². The number of hydrogen-bond donors (Lipinski definition) is 1. The highest BCUT2D eigenvalue weighted by atomic mass is 32.1. The summed E-state index contributed by atoms with van der Waals surface area (Å²) >= 11 is 0.852. The largest absolute Gasteiger partial charge is 0.434 e. The number of thiazole rings is 1. The fraction of sp³-hybridized carbons (Fsp3) is 0.429. The molecule has 4 rings (SSSR count). The molecule has 1 aliphatic heterocycles. The van der Waals surface area contributed by atoms with E-state index in [1.54, 1.807) is 37.1 Å². The van der Waals surface area contributed by atoms with Gasteiger partial charge in [-0.15, -0.1) is 21.5 Å². The summed E-state index contributed by atoms with van der Waals surface area (Å²) in [4.78, 5) is 21.8. The van der Waals surface area contributed by atoms with E-state index in [4.69, 9.17) is 4.74 Å². The third-order valence-electron chi connectivity index (χ3n) is 5.75.